The molecular weight excluding hydrogens is 274 g/mol. The van der Waals surface area contributed by atoms with E-state index in [0.29, 0.717) is 37.5 Å². The highest BCUT2D eigenvalue weighted by Gasteiger charge is 2.18. The molecule has 0 heterocycles. The zero-order chi connectivity index (χ0) is 15.7. The SMILES string of the molecule is CCCN(CC(=O)O)C(=O)c1cccc(OCCOC)c1. The lowest BCUT2D eigenvalue weighted by molar-refractivity contribution is -0.137. The lowest BCUT2D eigenvalue weighted by Gasteiger charge is -2.20. The molecule has 6 nitrogen and oxygen atoms in total. The maximum atomic E-state index is 12.3. The molecule has 1 aromatic rings. The fourth-order valence-corrected chi connectivity index (χ4v) is 1.83. The van der Waals surface area contributed by atoms with Crippen LogP contribution in [0.5, 0.6) is 5.75 Å². The highest BCUT2D eigenvalue weighted by Crippen LogP contribution is 2.15. The summed E-state index contributed by atoms with van der Waals surface area (Å²) in [6.07, 6.45) is 0.697. The molecule has 0 saturated carbocycles. The van der Waals surface area contributed by atoms with E-state index in [-0.39, 0.29) is 12.5 Å². The van der Waals surface area contributed by atoms with Crippen LogP contribution >= 0.6 is 0 Å². The Labute approximate surface area is 124 Å². The number of carboxylic acids is 1. The number of rotatable bonds is 9. The second kappa shape index (κ2) is 8.97. The summed E-state index contributed by atoms with van der Waals surface area (Å²) in [5.74, 6) is -0.773. The van der Waals surface area contributed by atoms with Gasteiger partial charge in [0.15, 0.2) is 0 Å². The average Bonchev–Trinajstić information content (AvgIpc) is 2.46. The number of amides is 1. The highest BCUT2D eigenvalue weighted by molar-refractivity contribution is 5.96. The second-order valence-corrected chi connectivity index (χ2v) is 4.49. The monoisotopic (exact) mass is 295 g/mol. The van der Waals surface area contributed by atoms with Crippen LogP contribution in [0, 0.1) is 0 Å². The van der Waals surface area contributed by atoms with Gasteiger partial charge in [0.25, 0.3) is 5.91 Å². The van der Waals surface area contributed by atoms with Gasteiger partial charge < -0.3 is 19.5 Å². The molecule has 0 unspecified atom stereocenters. The number of hydrogen-bond acceptors (Lipinski definition) is 4. The predicted octanol–water partition coefficient (Wildman–Crippen LogP) is 1.65. The Bertz CT molecular complexity index is 475. The molecule has 6 heteroatoms. The van der Waals surface area contributed by atoms with Crippen molar-refractivity contribution in [3.63, 3.8) is 0 Å². The Hall–Kier alpha value is -2.08. The lowest BCUT2D eigenvalue weighted by atomic mass is 10.2. The summed E-state index contributed by atoms with van der Waals surface area (Å²) >= 11 is 0. The van der Waals surface area contributed by atoms with Gasteiger partial charge in [0.05, 0.1) is 6.61 Å². The van der Waals surface area contributed by atoms with E-state index >= 15 is 0 Å². The molecule has 116 valence electrons. The summed E-state index contributed by atoms with van der Waals surface area (Å²) in [6, 6.07) is 6.71. The Morgan fingerprint density at radius 1 is 1.29 bits per heavy atom. The summed E-state index contributed by atoms with van der Waals surface area (Å²) < 4.78 is 10.3. The molecule has 0 bridgehead atoms. The minimum Gasteiger partial charge on any atom is -0.491 e. The number of carbonyl (C=O) groups excluding carboxylic acids is 1. The van der Waals surface area contributed by atoms with Gasteiger partial charge in [-0.2, -0.15) is 0 Å². The lowest BCUT2D eigenvalue weighted by Crippen LogP contribution is -2.36. The van der Waals surface area contributed by atoms with Crippen LogP contribution in [0.3, 0.4) is 0 Å². The molecule has 0 aliphatic carbocycles. The van der Waals surface area contributed by atoms with Crippen molar-refractivity contribution in [1.82, 2.24) is 4.90 Å². The van der Waals surface area contributed by atoms with E-state index in [2.05, 4.69) is 0 Å². The molecule has 1 amide bonds. The molecule has 0 saturated heterocycles. The van der Waals surface area contributed by atoms with Crippen LogP contribution in [-0.4, -0.2) is 55.3 Å². The molecule has 0 atom stereocenters. The van der Waals surface area contributed by atoms with Crippen molar-refractivity contribution in [2.45, 2.75) is 13.3 Å². The van der Waals surface area contributed by atoms with Gasteiger partial charge in [-0.1, -0.05) is 13.0 Å². The number of nitrogens with zero attached hydrogens (tertiary/aromatic N) is 1. The molecule has 0 aliphatic rings. The Morgan fingerprint density at radius 2 is 2.05 bits per heavy atom. The van der Waals surface area contributed by atoms with Crippen LogP contribution in [0.2, 0.25) is 0 Å². The molecule has 0 aromatic heterocycles. The van der Waals surface area contributed by atoms with E-state index in [0.717, 1.165) is 0 Å². The molecule has 1 aromatic carbocycles. The molecule has 1 rings (SSSR count). The van der Waals surface area contributed by atoms with Crippen molar-refractivity contribution in [2.75, 3.05) is 33.4 Å². The van der Waals surface area contributed by atoms with Gasteiger partial charge in [-0.05, 0) is 24.6 Å². The topological polar surface area (TPSA) is 76.1 Å². The third kappa shape index (κ3) is 5.83. The molecule has 0 spiro atoms. The summed E-state index contributed by atoms with van der Waals surface area (Å²) in [6.45, 7) is 2.84. The number of carbonyl (C=O) groups is 2. The van der Waals surface area contributed by atoms with Gasteiger partial charge in [0, 0.05) is 19.2 Å². The van der Waals surface area contributed by atoms with Crippen molar-refractivity contribution in [2.24, 2.45) is 0 Å². The fraction of sp³-hybridized carbons (Fsp3) is 0.467. The minimum absolute atomic E-state index is 0.304. The zero-order valence-electron chi connectivity index (χ0n) is 12.4. The standard InChI is InChI=1S/C15H21NO5/c1-3-7-16(11-14(17)18)15(19)12-5-4-6-13(10-12)21-9-8-20-2/h4-6,10H,3,7-9,11H2,1-2H3,(H,17,18). The molecule has 1 N–H and O–H groups in total. The summed E-state index contributed by atoms with van der Waals surface area (Å²) in [5.41, 5.74) is 0.416. The minimum atomic E-state index is -1.02. The molecule has 21 heavy (non-hydrogen) atoms. The van der Waals surface area contributed by atoms with Gasteiger partial charge in [-0.15, -0.1) is 0 Å². The smallest absolute Gasteiger partial charge is 0.323 e. The number of ether oxygens (including phenoxy) is 2. The van der Waals surface area contributed by atoms with Crippen molar-refractivity contribution in [1.29, 1.82) is 0 Å². The zero-order valence-corrected chi connectivity index (χ0v) is 12.4. The quantitative estimate of drug-likeness (QED) is 0.701. The third-order valence-electron chi connectivity index (χ3n) is 2.74. The van der Waals surface area contributed by atoms with E-state index < -0.39 is 5.97 Å². The van der Waals surface area contributed by atoms with E-state index in [1.807, 2.05) is 6.92 Å². The van der Waals surface area contributed by atoms with Crippen LogP contribution in [-0.2, 0) is 9.53 Å². The molecular formula is C15H21NO5. The van der Waals surface area contributed by atoms with Crippen molar-refractivity contribution >= 4 is 11.9 Å². The van der Waals surface area contributed by atoms with E-state index in [4.69, 9.17) is 14.6 Å². The maximum Gasteiger partial charge on any atom is 0.323 e. The molecule has 0 aliphatic heterocycles. The fourth-order valence-electron chi connectivity index (χ4n) is 1.83. The van der Waals surface area contributed by atoms with Crippen LogP contribution in [0.15, 0.2) is 24.3 Å². The Balaban J connectivity index is 2.79. The average molecular weight is 295 g/mol. The van der Waals surface area contributed by atoms with Crippen molar-refractivity contribution < 1.29 is 24.2 Å². The van der Waals surface area contributed by atoms with Gasteiger partial charge in [0.2, 0.25) is 0 Å². The number of methoxy groups -OCH3 is 1. The van der Waals surface area contributed by atoms with Crippen LogP contribution in [0.1, 0.15) is 23.7 Å². The van der Waals surface area contributed by atoms with Gasteiger partial charge >= 0.3 is 5.97 Å². The van der Waals surface area contributed by atoms with E-state index in [1.54, 1.807) is 31.4 Å². The first kappa shape index (κ1) is 17.0. The Kier molecular flexibility index (Phi) is 7.25. The molecule has 0 radical (unpaired) electrons. The highest BCUT2D eigenvalue weighted by atomic mass is 16.5. The van der Waals surface area contributed by atoms with E-state index in [1.165, 1.54) is 4.90 Å². The van der Waals surface area contributed by atoms with Crippen LogP contribution in [0.25, 0.3) is 0 Å². The first-order chi connectivity index (χ1) is 10.1. The second-order valence-electron chi connectivity index (χ2n) is 4.49. The van der Waals surface area contributed by atoms with Gasteiger partial charge in [-0.3, -0.25) is 9.59 Å². The maximum absolute atomic E-state index is 12.3. The third-order valence-corrected chi connectivity index (χ3v) is 2.74. The van der Waals surface area contributed by atoms with Gasteiger partial charge in [0.1, 0.15) is 18.9 Å². The summed E-state index contributed by atoms with van der Waals surface area (Å²) in [7, 11) is 1.58. The number of aliphatic carboxylic acids is 1. The normalized spacial score (nSPS) is 10.2. The first-order valence-corrected chi connectivity index (χ1v) is 6.81. The van der Waals surface area contributed by atoms with Gasteiger partial charge in [-0.25, -0.2) is 0 Å². The van der Waals surface area contributed by atoms with Crippen molar-refractivity contribution in [3.8, 4) is 5.75 Å². The molecule has 0 fully saturated rings. The number of hydrogen-bond donors (Lipinski definition) is 1. The van der Waals surface area contributed by atoms with Crippen molar-refractivity contribution in [3.05, 3.63) is 29.8 Å². The van der Waals surface area contributed by atoms with E-state index in [9.17, 15) is 9.59 Å². The largest absolute Gasteiger partial charge is 0.491 e. The predicted molar refractivity (Wildman–Crippen MR) is 77.6 cm³/mol. The Morgan fingerprint density at radius 3 is 2.67 bits per heavy atom. The first-order valence-electron chi connectivity index (χ1n) is 6.81. The number of carboxylic acid groups (broad SMARTS) is 1. The number of benzene rings is 1. The summed E-state index contributed by atoms with van der Waals surface area (Å²) in [4.78, 5) is 24.5. The summed E-state index contributed by atoms with van der Waals surface area (Å²) in [5, 5.41) is 8.87. The van der Waals surface area contributed by atoms with Crippen LogP contribution in [0.4, 0.5) is 0 Å². The van der Waals surface area contributed by atoms with Crippen LogP contribution < -0.4 is 4.74 Å².